The Morgan fingerprint density at radius 2 is 1.81 bits per heavy atom. The fourth-order valence-corrected chi connectivity index (χ4v) is 3.28. The molecule has 2 rings (SSSR count). The first-order chi connectivity index (χ1) is 13.0. The molecule has 0 aromatic heterocycles. The summed E-state index contributed by atoms with van der Waals surface area (Å²) >= 11 is 1.49. The van der Waals surface area contributed by atoms with E-state index >= 15 is 0 Å². The lowest BCUT2D eigenvalue weighted by Crippen LogP contribution is -2.28. The first-order valence-electron chi connectivity index (χ1n) is 8.91. The van der Waals surface area contributed by atoms with Crippen LogP contribution >= 0.6 is 11.8 Å². The van der Waals surface area contributed by atoms with Gasteiger partial charge in [0.2, 0.25) is 5.91 Å². The van der Waals surface area contributed by atoms with E-state index in [1.165, 1.54) is 17.3 Å². The van der Waals surface area contributed by atoms with Crippen molar-refractivity contribution in [2.75, 3.05) is 25.6 Å². The number of rotatable bonds is 9. The molecule has 0 saturated heterocycles. The molecule has 2 amide bonds. The molecule has 0 bridgehead atoms. The Morgan fingerprint density at radius 3 is 2.52 bits per heavy atom. The van der Waals surface area contributed by atoms with Crippen LogP contribution < -0.4 is 10.6 Å². The monoisotopic (exact) mass is 386 g/mol. The van der Waals surface area contributed by atoms with E-state index in [1.807, 2.05) is 38.1 Å². The van der Waals surface area contributed by atoms with Crippen molar-refractivity contribution in [3.8, 4) is 0 Å². The van der Waals surface area contributed by atoms with E-state index in [0.29, 0.717) is 24.4 Å². The first kappa shape index (κ1) is 21.0. The Labute approximate surface area is 164 Å². The number of aryl methyl sites for hydroxylation is 1. The predicted molar refractivity (Wildman–Crippen MR) is 110 cm³/mol. The predicted octanol–water partition coefficient (Wildman–Crippen LogP) is 3.88. The third-order valence-corrected chi connectivity index (χ3v) is 5.06. The Hall–Kier alpha value is -2.31. The first-order valence-corrected chi connectivity index (χ1v) is 9.79. The molecule has 0 radical (unpaired) electrons. The lowest BCUT2D eigenvalue weighted by molar-refractivity contribution is -0.115. The normalized spacial score (nSPS) is 11.7. The van der Waals surface area contributed by atoms with Gasteiger partial charge in [-0.3, -0.25) is 9.59 Å². The SMILES string of the molecule is COCCCNC(=O)c1ccccc1NC(=O)[C@@H](C)Sc1ccc(C)cc1. The van der Waals surface area contributed by atoms with Crippen molar-refractivity contribution < 1.29 is 14.3 Å². The zero-order chi connectivity index (χ0) is 19.6. The van der Waals surface area contributed by atoms with Crippen LogP contribution in [-0.2, 0) is 9.53 Å². The summed E-state index contributed by atoms with van der Waals surface area (Å²) in [6, 6.07) is 15.1. The van der Waals surface area contributed by atoms with Gasteiger partial charge in [0.1, 0.15) is 0 Å². The largest absolute Gasteiger partial charge is 0.385 e. The Morgan fingerprint density at radius 1 is 1.11 bits per heavy atom. The molecule has 0 aliphatic carbocycles. The van der Waals surface area contributed by atoms with Gasteiger partial charge in [-0.1, -0.05) is 29.8 Å². The van der Waals surface area contributed by atoms with Crippen molar-refractivity contribution in [2.45, 2.75) is 30.4 Å². The molecule has 144 valence electrons. The summed E-state index contributed by atoms with van der Waals surface area (Å²) in [5.41, 5.74) is 2.15. The van der Waals surface area contributed by atoms with Crippen molar-refractivity contribution in [1.29, 1.82) is 0 Å². The Kier molecular flexibility index (Phi) is 8.36. The standard InChI is InChI=1S/C21H26N2O3S/c1-15-9-11-17(12-10-15)27-16(2)20(24)23-19-8-5-4-7-18(19)21(25)22-13-6-14-26-3/h4-5,7-12,16H,6,13-14H2,1-3H3,(H,22,25)(H,23,24)/t16-/m1/s1. The van der Waals surface area contributed by atoms with Gasteiger partial charge in [0.15, 0.2) is 0 Å². The minimum atomic E-state index is -0.287. The molecule has 0 spiro atoms. The van der Waals surface area contributed by atoms with Crippen molar-refractivity contribution in [3.63, 3.8) is 0 Å². The van der Waals surface area contributed by atoms with E-state index in [1.54, 1.807) is 31.4 Å². The minimum Gasteiger partial charge on any atom is -0.385 e. The number of hydrogen-bond donors (Lipinski definition) is 2. The van der Waals surface area contributed by atoms with E-state index in [2.05, 4.69) is 10.6 Å². The van der Waals surface area contributed by atoms with Crippen LogP contribution in [0.25, 0.3) is 0 Å². The van der Waals surface area contributed by atoms with Crippen LogP contribution in [0.1, 0.15) is 29.3 Å². The van der Waals surface area contributed by atoms with E-state index in [-0.39, 0.29) is 17.1 Å². The third kappa shape index (κ3) is 6.73. The van der Waals surface area contributed by atoms with E-state index in [0.717, 1.165) is 11.3 Å². The number of carbonyl (C=O) groups is 2. The van der Waals surface area contributed by atoms with Gasteiger partial charge < -0.3 is 15.4 Å². The molecular formula is C21H26N2O3S. The van der Waals surface area contributed by atoms with Crippen LogP contribution in [0.3, 0.4) is 0 Å². The lowest BCUT2D eigenvalue weighted by atomic mass is 10.1. The second-order valence-electron chi connectivity index (χ2n) is 6.21. The van der Waals surface area contributed by atoms with Gasteiger partial charge >= 0.3 is 0 Å². The number of hydrogen-bond acceptors (Lipinski definition) is 4. The van der Waals surface area contributed by atoms with Crippen LogP contribution in [-0.4, -0.2) is 37.3 Å². The summed E-state index contributed by atoms with van der Waals surface area (Å²) < 4.78 is 4.98. The highest BCUT2D eigenvalue weighted by Gasteiger charge is 2.18. The maximum Gasteiger partial charge on any atom is 0.253 e. The van der Waals surface area contributed by atoms with Gasteiger partial charge in [-0.2, -0.15) is 0 Å². The number of amides is 2. The van der Waals surface area contributed by atoms with Crippen molar-refractivity contribution >= 4 is 29.3 Å². The van der Waals surface area contributed by atoms with Crippen LogP contribution in [0.15, 0.2) is 53.4 Å². The summed E-state index contributed by atoms with van der Waals surface area (Å²) in [4.78, 5) is 26.0. The van der Waals surface area contributed by atoms with Gasteiger partial charge in [-0.25, -0.2) is 0 Å². The number of ether oxygens (including phenoxy) is 1. The molecule has 1 atom stereocenters. The molecule has 2 aromatic rings. The molecular weight excluding hydrogens is 360 g/mol. The number of anilines is 1. The smallest absolute Gasteiger partial charge is 0.253 e. The van der Waals surface area contributed by atoms with Crippen molar-refractivity contribution in [1.82, 2.24) is 5.32 Å². The average Bonchev–Trinajstić information content (AvgIpc) is 2.67. The third-order valence-electron chi connectivity index (χ3n) is 3.94. The second kappa shape index (κ2) is 10.7. The molecule has 2 aromatic carbocycles. The van der Waals surface area contributed by atoms with E-state index < -0.39 is 0 Å². The van der Waals surface area contributed by atoms with Crippen LogP contribution in [0, 0.1) is 6.92 Å². The molecule has 6 heteroatoms. The number of methoxy groups -OCH3 is 1. The lowest BCUT2D eigenvalue weighted by Gasteiger charge is -2.15. The van der Waals surface area contributed by atoms with Crippen molar-refractivity contribution in [3.05, 3.63) is 59.7 Å². The number of benzene rings is 2. The quantitative estimate of drug-likeness (QED) is 0.507. The molecule has 2 N–H and O–H groups in total. The number of nitrogens with one attached hydrogen (secondary N) is 2. The fourth-order valence-electron chi connectivity index (χ4n) is 2.41. The zero-order valence-electron chi connectivity index (χ0n) is 16.0. The number of thioether (sulfide) groups is 1. The van der Waals surface area contributed by atoms with Crippen LogP contribution in [0.2, 0.25) is 0 Å². The summed E-state index contributed by atoms with van der Waals surface area (Å²) in [5.74, 6) is -0.346. The zero-order valence-corrected chi connectivity index (χ0v) is 16.8. The molecule has 0 saturated carbocycles. The Balaban J connectivity index is 1.98. The minimum absolute atomic E-state index is 0.139. The summed E-state index contributed by atoms with van der Waals surface area (Å²) in [6.45, 7) is 5.00. The highest BCUT2D eigenvalue weighted by atomic mass is 32.2. The van der Waals surface area contributed by atoms with Gasteiger partial charge in [-0.05, 0) is 44.5 Å². The maximum atomic E-state index is 12.6. The van der Waals surface area contributed by atoms with E-state index in [4.69, 9.17) is 4.74 Å². The topological polar surface area (TPSA) is 67.4 Å². The molecule has 0 unspecified atom stereocenters. The fraction of sp³-hybridized carbons (Fsp3) is 0.333. The molecule has 0 fully saturated rings. The molecule has 0 aliphatic heterocycles. The molecule has 0 heterocycles. The summed E-state index contributed by atoms with van der Waals surface area (Å²) in [6.07, 6.45) is 0.737. The molecule has 27 heavy (non-hydrogen) atoms. The van der Waals surface area contributed by atoms with Crippen LogP contribution in [0.5, 0.6) is 0 Å². The number of para-hydroxylation sites is 1. The molecule has 5 nitrogen and oxygen atoms in total. The van der Waals surface area contributed by atoms with Crippen molar-refractivity contribution in [2.24, 2.45) is 0 Å². The van der Waals surface area contributed by atoms with Crippen LogP contribution in [0.4, 0.5) is 5.69 Å². The summed E-state index contributed by atoms with van der Waals surface area (Å²) in [5, 5.41) is 5.44. The van der Waals surface area contributed by atoms with Gasteiger partial charge in [0.25, 0.3) is 5.91 Å². The van der Waals surface area contributed by atoms with Gasteiger partial charge in [0, 0.05) is 25.2 Å². The van der Waals surface area contributed by atoms with Gasteiger partial charge in [-0.15, -0.1) is 11.8 Å². The molecule has 0 aliphatic rings. The Bertz CT molecular complexity index is 762. The second-order valence-corrected chi connectivity index (χ2v) is 7.62. The summed E-state index contributed by atoms with van der Waals surface area (Å²) in [7, 11) is 1.63. The highest BCUT2D eigenvalue weighted by molar-refractivity contribution is 8.00. The maximum absolute atomic E-state index is 12.6. The number of carbonyl (C=O) groups excluding carboxylic acids is 2. The highest BCUT2D eigenvalue weighted by Crippen LogP contribution is 2.25. The van der Waals surface area contributed by atoms with Gasteiger partial charge in [0.05, 0.1) is 16.5 Å². The average molecular weight is 387 g/mol. The van der Waals surface area contributed by atoms with E-state index in [9.17, 15) is 9.59 Å².